The number of furan rings is 1. The molecule has 2 nitrogen and oxygen atoms in total. The average Bonchev–Trinajstić information content (AvgIpc) is 2.58. The Morgan fingerprint density at radius 2 is 2.46 bits per heavy atom. The van der Waals surface area contributed by atoms with E-state index in [2.05, 4.69) is 18.3 Å². The first-order chi connectivity index (χ1) is 6.33. The van der Waals surface area contributed by atoms with E-state index in [9.17, 15) is 0 Å². The Balaban J connectivity index is 2.25. The summed E-state index contributed by atoms with van der Waals surface area (Å²) >= 11 is 0. The van der Waals surface area contributed by atoms with E-state index in [0.717, 1.165) is 18.9 Å². The van der Waals surface area contributed by atoms with E-state index in [-0.39, 0.29) is 0 Å². The third-order valence-electron chi connectivity index (χ3n) is 3.12. The number of likely N-dealkylation sites (N-methyl/N-ethyl adjacent to an activating group) is 1. The largest absolute Gasteiger partial charge is 0.469 e. The first-order valence-electron chi connectivity index (χ1n) is 5.03. The average molecular weight is 179 g/mol. The maximum atomic E-state index is 5.45. The second kappa shape index (κ2) is 3.54. The second-order valence-electron chi connectivity index (χ2n) is 3.98. The van der Waals surface area contributed by atoms with Crippen molar-refractivity contribution in [1.29, 1.82) is 0 Å². The highest BCUT2D eigenvalue weighted by molar-refractivity contribution is 5.26. The van der Waals surface area contributed by atoms with Crippen LogP contribution in [0.2, 0.25) is 0 Å². The molecule has 0 bridgehead atoms. The summed E-state index contributed by atoms with van der Waals surface area (Å²) in [6.07, 6.45) is 4.20. The highest BCUT2D eigenvalue weighted by Gasteiger charge is 2.27. The molecule has 0 fully saturated rings. The molecule has 1 aliphatic carbocycles. The van der Waals surface area contributed by atoms with Crippen LogP contribution in [0.1, 0.15) is 30.6 Å². The zero-order chi connectivity index (χ0) is 9.26. The molecule has 0 saturated carbocycles. The lowest BCUT2D eigenvalue weighted by molar-refractivity contribution is 0.359. The molecule has 0 saturated heterocycles. The second-order valence-corrected chi connectivity index (χ2v) is 3.98. The summed E-state index contributed by atoms with van der Waals surface area (Å²) in [5, 5.41) is 3.26. The van der Waals surface area contributed by atoms with E-state index in [1.54, 1.807) is 0 Å². The van der Waals surface area contributed by atoms with E-state index < -0.39 is 0 Å². The molecule has 0 aliphatic heterocycles. The minimum absolute atomic E-state index is 0.646. The highest BCUT2D eigenvalue weighted by Crippen LogP contribution is 2.35. The van der Waals surface area contributed by atoms with Gasteiger partial charge in [-0.1, -0.05) is 6.92 Å². The van der Waals surface area contributed by atoms with Crippen LogP contribution >= 0.6 is 0 Å². The smallest absolute Gasteiger partial charge is 0.107 e. The molecule has 0 radical (unpaired) electrons. The predicted octanol–water partition coefficient (Wildman–Crippen LogP) is 2.16. The lowest BCUT2D eigenvalue weighted by Crippen LogP contribution is -2.26. The van der Waals surface area contributed by atoms with Gasteiger partial charge in [-0.05, 0) is 31.0 Å². The number of hydrogen-bond acceptors (Lipinski definition) is 2. The van der Waals surface area contributed by atoms with Crippen molar-refractivity contribution in [3.05, 3.63) is 23.7 Å². The quantitative estimate of drug-likeness (QED) is 0.752. The molecule has 2 rings (SSSR count). The topological polar surface area (TPSA) is 25.2 Å². The lowest BCUT2D eigenvalue weighted by atomic mass is 9.79. The molecule has 1 aromatic rings. The van der Waals surface area contributed by atoms with Crippen molar-refractivity contribution >= 4 is 0 Å². The molecule has 1 aromatic heterocycles. The number of fused-ring (bicyclic) bond motifs is 1. The van der Waals surface area contributed by atoms with E-state index in [4.69, 9.17) is 4.42 Å². The van der Waals surface area contributed by atoms with Gasteiger partial charge >= 0.3 is 0 Å². The molecule has 1 aliphatic rings. The van der Waals surface area contributed by atoms with Crippen molar-refractivity contribution in [2.75, 3.05) is 13.6 Å². The summed E-state index contributed by atoms with van der Waals surface area (Å²) in [5.74, 6) is 2.63. The normalized spacial score (nSPS) is 27.2. The molecular weight excluding hydrogens is 162 g/mol. The summed E-state index contributed by atoms with van der Waals surface area (Å²) in [7, 11) is 2.01. The first kappa shape index (κ1) is 8.82. The molecule has 0 amide bonds. The standard InChI is InChI=1S/C11H17NO/c1-8-3-4-11-9(5-6-13-11)10(8)7-12-2/h5-6,8,10,12H,3-4,7H2,1-2H3. The van der Waals surface area contributed by atoms with Crippen LogP contribution in [0.4, 0.5) is 0 Å². The molecule has 2 heteroatoms. The van der Waals surface area contributed by atoms with Crippen LogP contribution in [0.25, 0.3) is 0 Å². The Hall–Kier alpha value is -0.760. The summed E-state index contributed by atoms with van der Waals surface area (Å²) in [6.45, 7) is 3.39. The minimum atomic E-state index is 0.646. The molecule has 1 heterocycles. The molecule has 1 N–H and O–H groups in total. The van der Waals surface area contributed by atoms with Crippen molar-refractivity contribution in [2.45, 2.75) is 25.7 Å². The van der Waals surface area contributed by atoms with Gasteiger partial charge in [0, 0.05) is 18.9 Å². The highest BCUT2D eigenvalue weighted by atomic mass is 16.3. The Morgan fingerprint density at radius 1 is 1.62 bits per heavy atom. The zero-order valence-electron chi connectivity index (χ0n) is 8.34. The van der Waals surface area contributed by atoms with Crippen LogP contribution in [-0.2, 0) is 6.42 Å². The number of hydrogen-bond donors (Lipinski definition) is 1. The summed E-state index contributed by atoms with van der Waals surface area (Å²) in [4.78, 5) is 0. The molecule has 72 valence electrons. The van der Waals surface area contributed by atoms with Gasteiger partial charge in [-0.3, -0.25) is 0 Å². The number of rotatable bonds is 2. The van der Waals surface area contributed by atoms with Gasteiger partial charge in [-0.15, -0.1) is 0 Å². The molecule has 2 atom stereocenters. The first-order valence-corrected chi connectivity index (χ1v) is 5.03. The van der Waals surface area contributed by atoms with Gasteiger partial charge < -0.3 is 9.73 Å². The van der Waals surface area contributed by atoms with Gasteiger partial charge in [0.05, 0.1) is 6.26 Å². The van der Waals surface area contributed by atoms with Crippen LogP contribution in [0.5, 0.6) is 0 Å². The third-order valence-corrected chi connectivity index (χ3v) is 3.12. The van der Waals surface area contributed by atoms with E-state index in [0.29, 0.717) is 5.92 Å². The van der Waals surface area contributed by atoms with Crippen LogP contribution in [0.3, 0.4) is 0 Å². The van der Waals surface area contributed by atoms with Crippen molar-refractivity contribution in [3.8, 4) is 0 Å². The van der Waals surface area contributed by atoms with Gasteiger partial charge in [0.15, 0.2) is 0 Å². The van der Waals surface area contributed by atoms with Crippen LogP contribution in [-0.4, -0.2) is 13.6 Å². The SMILES string of the molecule is CNCC1c2ccoc2CCC1C. The van der Waals surface area contributed by atoms with Crippen molar-refractivity contribution in [3.63, 3.8) is 0 Å². The fourth-order valence-corrected chi connectivity index (χ4v) is 2.28. The molecule has 2 unspecified atom stereocenters. The van der Waals surface area contributed by atoms with Gasteiger partial charge in [-0.25, -0.2) is 0 Å². The van der Waals surface area contributed by atoms with E-state index in [1.165, 1.54) is 17.7 Å². The Morgan fingerprint density at radius 3 is 3.23 bits per heavy atom. The van der Waals surface area contributed by atoms with Crippen LogP contribution in [0.15, 0.2) is 16.7 Å². The Kier molecular flexibility index (Phi) is 2.40. The molecule has 13 heavy (non-hydrogen) atoms. The minimum Gasteiger partial charge on any atom is -0.469 e. The maximum absolute atomic E-state index is 5.45. The Labute approximate surface area is 79.3 Å². The van der Waals surface area contributed by atoms with Crippen molar-refractivity contribution < 1.29 is 4.42 Å². The number of aryl methyl sites for hydroxylation is 1. The third kappa shape index (κ3) is 1.51. The van der Waals surface area contributed by atoms with E-state index >= 15 is 0 Å². The van der Waals surface area contributed by atoms with Crippen molar-refractivity contribution in [2.24, 2.45) is 5.92 Å². The van der Waals surface area contributed by atoms with Crippen LogP contribution in [0, 0.1) is 5.92 Å². The van der Waals surface area contributed by atoms with Gasteiger partial charge in [0.2, 0.25) is 0 Å². The predicted molar refractivity (Wildman–Crippen MR) is 52.9 cm³/mol. The van der Waals surface area contributed by atoms with Gasteiger partial charge in [0.1, 0.15) is 5.76 Å². The zero-order valence-corrected chi connectivity index (χ0v) is 8.34. The monoisotopic (exact) mass is 179 g/mol. The number of nitrogens with one attached hydrogen (secondary N) is 1. The van der Waals surface area contributed by atoms with E-state index in [1.807, 2.05) is 13.3 Å². The van der Waals surface area contributed by atoms with Gasteiger partial charge in [0.25, 0.3) is 0 Å². The molecule has 0 aromatic carbocycles. The Bertz CT molecular complexity index is 279. The summed E-state index contributed by atoms with van der Waals surface area (Å²) < 4.78 is 5.45. The van der Waals surface area contributed by atoms with Gasteiger partial charge in [-0.2, -0.15) is 0 Å². The maximum Gasteiger partial charge on any atom is 0.107 e. The fourth-order valence-electron chi connectivity index (χ4n) is 2.28. The summed E-state index contributed by atoms with van der Waals surface area (Å²) in [5.41, 5.74) is 1.42. The summed E-state index contributed by atoms with van der Waals surface area (Å²) in [6, 6.07) is 2.13. The molecule has 0 spiro atoms. The molecular formula is C11H17NO. The van der Waals surface area contributed by atoms with Crippen molar-refractivity contribution in [1.82, 2.24) is 5.32 Å². The lowest BCUT2D eigenvalue weighted by Gasteiger charge is -2.28. The van der Waals surface area contributed by atoms with Crippen LogP contribution < -0.4 is 5.32 Å². The fraction of sp³-hybridized carbons (Fsp3) is 0.636.